The number of piperidine rings is 1. The molecular formula is C30H39N3O5. The van der Waals surface area contributed by atoms with Gasteiger partial charge in [-0.05, 0) is 42.6 Å². The number of methoxy groups -OCH3 is 1. The molecule has 0 bridgehead atoms. The SMILES string of the molecule is CC(C)NC1CCCNC1.COCCOc1cc(C(=O)O)nc2c(OC3Cc4ccccc4C3)cccc12. The maximum atomic E-state index is 11.5. The van der Waals surface area contributed by atoms with E-state index in [4.69, 9.17) is 14.2 Å². The predicted octanol–water partition coefficient (Wildman–Crippen LogP) is 4.24. The second-order valence-corrected chi connectivity index (χ2v) is 10.1. The lowest BCUT2D eigenvalue weighted by atomic mass is 10.1. The highest BCUT2D eigenvalue weighted by molar-refractivity contribution is 5.95. The van der Waals surface area contributed by atoms with Crippen LogP contribution in [-0.2, 0) is 17.6 Å². The summed E-state index contributed by atoms with van der Waals surface area (Å²) in [5.74, 6) is -0.0869. The minimum absolute atomic E-state index is 0.00357. The van der Waals surface area contributed by atoms with Crippen LogP contribution >= 0.6 is 0 Å². The number of pyridine rings is 1. The van der Waals surface area contributed by atoms with Crippen molar-refractivity contribution in [2.75, 3.05) is 33.4 Å². The number of aromatic carboxylic acids is 1. The Hall–Kier alpha value is -3.20. The standard InChI is InChI=1S/C22H21NO5.C8H18N2/c1-26-9-10-27-20-13-18(22(24)25)23-21-17(20)7-4-8-19(21)28-16-11-14-5-2-3-6-15(14)12-16;1-7(2)10-8-4-3-5-9-6-8/h2-8,13,16H,9-12H2,1H3,(H,24,25);7-10H,3-6H2,1-2H3. The Kier molecular flexibility index (Phi) is 9.92. The fraction of sp³-hybridized carbons (Fsp3) is 0.467. The van der Waals surface area contributed by atoms with Crippen molar-refractivity contribution in [2.45, 2.75) is 57.7 Å². The molecule has 3 aromatic rings. The Morgan fingerprint density at radius 1 is 1.11 bits per heavy atom. The van der Waals surface area contributed by atoms with Crippen molar-refractivity contribution in [3.05, 3.63) is 65.4 Å². The van der Waals surface area contributed by atoms with Crippen molar-refractivity contribution >= 4 is 16.9 Å². The van der Waals surface area contributed by atoms with Crippen molar-refractivity contribution in [3.8, 4) is 11.5 Å². The molecule has 1 atom stereocenters. The zero-order valence-corrected chi connectivity index (χ0v) is 22.5. The summed E-state index contributed by atoms with van der Waals surface area (Å²) in [4.78, 5) is 15.9. The van der Waals surface area contributed by atoms with Crippen LogP contribution in [0, 0.1) is 0 Å². The first kappa shape index (κ1) is 27.8. The van der Waals surface area contributed by atoms with E-state index in [1.54, 1.807) is 7.11 Å². The van der Waals surface area contributed by atoms with Gasteiger partial charge in [-0.2, -0.15) is 0 Å². The number of carbonyl (C=O) groups is 1. The number of rotatable bonds is 9. The van der Waals surface area contributed by atoms with E-state index in [2.05, 4.69) is 41.6 Å². The third-order valence-electron chi connectivity index (χ3n) is 6.70. The van der Waals surface area contributed by atoms with Crippen LogP contribution in [0.2, 0.25) is 0 Å². The Morgan fingerprint density at radius 2 is 1.87 bits per heavy atom. The van der Waals surface area contributed by atoms with E-state index in [9.17, 15) is 9.90 Å². The summed E-state index contributed by atoms with van der Waals surface area (Å²) in [7, 11) is 1.59. The summed E-state index contributed by atoms with van der Waals surface area (Å²) in [5.41, 5.74) is 2.99. The maximum Gasteiger partial charge on any atom is 0.354 e. The number of aromatic nitrogens is 1. The first-order valence-electron chi connectivity index (χ1n) is 13.4. The molecular weight excluding hydrogens is 482 g/mol. The van der Waals surface area contributed by atoms with Crippen LogP contribution in [0.1, 0.15) is 48.3 Å². The van der Waals surface area contributed by atoms with E-state index >= 15 is 0 Å². The van der Waals surface area contributed by atoms with Gasteiger partial charge < -0.3 is 30.0 Å². The first-order valence-corrected chi connectivity index (χ1v) is 13.4. The van der Waals surface area contributed by atoms with Gasteiger partial charge in [0.2, 0.25) is 0 Å². The molecule has 0 saturated carbocycles. The highest BCUT2D eigenvalue weighted by Gasteiger charge is 2.24. The summed E-state index contributed by atoms with van der Waals surface area (Å²) in [6, 6.07) is 16.6. The number of carboxylic acids is 1. The van der Waals surface area contributed by atoms with Gasteiger partial charge in [-0.25, -0.2) is 9.78 Å². The van der Waals surface area contributed by atoms with E-state index < -0.39 is 5.97 Å². The Morgan fingerprint density at radius 3 is 2.50 bits per heavy atom. The molecule has 1 aromatic heterocycles. The van der Waals surface area contributed by atoms with E-state index in [0.717, 1.165) is 19.4 Å². The summed E-state index contributed by atoms with van der Waals surface area (Å²) in [6.45, 7) is 7.48. The van der Waals surface area contributed by atoms with Crippen molar-refractivity contribution in [1.29, 1.82) is 0 Å². The number of fused-ring (bicyclic) bond motifs is 2. The van der Waals surface area contributed by atoms with Crippen molar-refractivity contribution < 1.29 is 24.1 Å². The topological polar surface area (TPSA) is 102 Å². The van der Waals surface area contributed by atoms with Crippen LogP contribution in [0.3, 0.4) is 0 Å². The van der Waals surface area contributed by atoms with Gasteiger partial charge >= 0.3 is 5.97 Å². The lowest BCUT2D eigenvalue weighted by Crippen LogP contribution is -2.45. The molecule has 1 saturated heterocycles. The third kappa shape index (κ3) is 7.43. The quantitative estimate of drug-likeness (QED) is 0.360. The molecule has 1 fully saturated rings. The average Bonchev–Trinajstić information content (AvgIpc) is 3.32. The number of hydrogen-bond donors (Lipinski definition) is 3. The number of ether oxygens (including phenoxy) is 3. The molecule has 0 amide bonds. The highest BCUT2D eigenvalue weighted by Crippen LogP contribution is 2.34. The summed E-state index contributed by atoms with van der Waals surface area (Å²) in [5, 5.41) is 17.1. The fourth-order valence-corrected chi connectivity index (χ4v) is 5.00. The van der Waals surface area contributed by atoms with Crippen LogP contribution in [0.4, 0.5) is 0 Å². The molecule has 2 aromatic carbocycles. The molecule has 1 aliphatic carbocycles. The normalized spacial score (nSPS) is 17.1. The monoisotopic (exact) mass is 521 g/mol. The smallest absolute Gasteiger partial charge is 0.354 e. The molecule has 1 unspecified atom stereocenters. The van der Waals surface area contributed by atoms with Crippen molar-refractivity contribution in [1.82, 2.24) is 15.6 Å². The molecule has 8 nitrogen and oxygen atoms in total. The predicted molar refractivity (Wildman–Crippen MR) is 149 cm³/mol. The summed E-state index contributed by atoms with van der Waals surface area (Å²) in [6.07, 6.45) is 4.30. The van der Waals surface area contributed by atoms with Crippen molar-refractivity contribution in [2.24, 2.45) is 0 Å². The van der Waals surface area contributed by atoms with E-state index in [0.29, 0.717) is 47.7 Å². The number of hydrogen-bond acceptors (Lipinski definition) is 7. The Balaban J connectivity index is 0.000000283. The van der Waals surface area contributed by atoms with Gasteiger partial charge in [0.05, 0.1) is 6.61 Å². The second kappa shape index (κ2) is 13.6. The van der Waals surface area contributed by atoms with Gasteiger partial charge in [-0.3, -0.25) is 0 Å². The van der Waals surface area contributed by atoms with Crippen LogP contribution in [0.25, 0.3) is 10.9 Å². The van der Waals surface area contributed by atoms with Gasteiger partial charge in [0.25, 0.3) is 0 Å². The number of para-hydroxylation sites is 1. The molecule has 204 valence electrons. The van der Waals surface area contributed by atoms with Gasteiger partial charge in [-0.15, -0.1) is 0 Å². The third-order valence-corrected chi connectivity index (χ3v) is 6.70. The molecule has 2 heterocycles. The number of nitrogens with zero attached hydrogens (tertiary/aromatic N) is 1. The Bertz CT molecular complexity index is 1180. The fourth-order valence-electron chi connectivity index (χ4n) is 5.00. The molecule has 0 spiro atoms. The molecule has 3 N–H and O–H groups in total. The van der Waals surface area contributed by atoms with Gasteiger partial charge in [-0.1, -0.05) is 44.2 Å². The summed E-state index contributed by atoms with van der Waals surface area (Å²) < 4.78 is 17.0. The second-order valence-electron chi connectivity index (χ2n) is 10.1. The molecule has 5 rings (SSSR count). The zero-order chi connectivity index (χ0) is 26.9. The number of carboxylic acid groups (broad SMARTS) is 1. The van der Waals surface area contributed by atoms with Crippen molar-refractivity contribution in [3.63, 3.8) is 0 Å². The molecule has 38 heavy (non-hydrogen) atoms. The molecule has 8 heteroatoms. The first-order chi connectivity index (χ1) is 18.4. The van der Waals surface area contributed by atoms with Gasteiger partial charge in [0.15, 0.2) is 5.69 Å². The van der Waals surface area contributed by atoms with Crippen LogP contribution in [-0.4, -0.2) is 67.7 Å². The number of benzene rings is 2. The maximum absolute atomic E-state index is 11.5. The minimum Gasteiger partial charge on any atom is -0.490 e. The highest BCUT2D eigenvalue weighted by atomic mass is 16.5. The van der Waals surface area contributed by atoms with Gasteiger partial charge in [0, 0.05) is 50.0 Å². The van der Waals surface area contributed by atoms with E-state index in [1.807, 2.05) is 30.3 Å². The lowest BCUT2D eigenvalue weighted by Gasteiger charge is -2.25. The van der Waals surface area contributed by atoms with E-state index in [-0.39, 0.29) is 11.8 Å². The van der Waals surface area contributed by atoms with Gasteiger partial charge in [0.1, 0.15) is 29.7 Å². The molecule has 1 aliphatic heterocycles. The van der Waals surface area contributed by atoms with E-state index in [1.165, 1.54) is 36.6 Å². The molecule has 0 radical (unpaired) electrons. The molecule has 2 aliphatic rings. The summed E-state index contributed by atoms with van der Waals surface area (Å²) >= 11 is 0. The van der Waals surface area contributed by atoms with Crippen LogP contribution in [0.5, 0.6) is 11.5 Å². The Labute approximate surface area is 224 Å². The van der Waals surface area contributed by atoms with Crippen LogP contribution < -0.4 is 20.1 Å². The number of nitrogens with one attached hydrogen (secondary N) is 2. The average molecular weight is 522 g/mol. The lowest BCUT2D eigenvalue weighted by molar-refractivity contribution is 0.0690. The zero-order valence-electron chi connectivity index (χ0n) is 22.5. The van der Waals surface area contributed by atoms with Crippen LogP contribution in [0.15, 0.2) is 48.5 Å². The largest absolute Gasteiger partial charge is 0.490 e. The minimum atomic E-state index is -1.11.